The molecule has 152 valence electrons. The fourth-order valence-corrected chi connectivity index (χ4v) is 3.96. The topological polar surface area (TPSA) is 70.7 Å². The van der Waals surface area contributed by atoms with E-state index in [1.165, 1.54) is 12.8 Å². The quantitative estimate of drug-likeness (QED) is 0.791. The average molecular weight is 393 g/mol. The number of nitrogens with zero attached hydrogens (tertiary/aromatic N) is 1. The molecule has 6 nitrogen and oxygen atoms in total. The van der Waals surface area contributed by atoms with Gasteiger partial charge in [-0.2, -0.15) is 0 Å². The molecule has 2 heterocycles. The summed E-state index contributed by atoms with van der Waals surface area (Å²) >= 11 is 0. The lowest BCUT2D eigenvalue weighted by atomic mass is 9.97. The molecule has 2 aromatic carbocycles. The van der Waals surface area contributed by atoms with Gasteiger partial charge in [0.1, 0.15) is 5.75 Å². The number of ether oxygens (including phenoxy) is 1. The van der Waals surface area contributed by atoms with Crippen LogP contribution in [-0.4, -0.2) is 43.0 Å². The normalized spacial score (nSPS) is 18.3. The predicted molar refractivity (Wildman–Crippen MR) is 112 cm³/mol. The highest BCUT2D eigenvalue weighted by Crippen LogP contribution is 2.31. The fourth-order valence-electron chi connectivity index (χ4n) is 3.96. The summed E-state index contributed by atoms with van der Waals surface area (Å²) in [4.78, 5) is 27.1. The van der Waals surface area contributed by atoms with E-state index in [9.17, 15) is 9.59 Å². The predicted octanol–water partition coefficient (Wildman–Crippen LogP) is 3.07. The number of nitrogens with one attached hydrogen (secondary N) is 2. The monoisotopic (exact) mass is 393 g/mol. The van der Waals surface area contributed by atoms with E-state index >= 15 is 0 Å². The van der Waals surface area contributed by atoms with Crippen LogP contribution in [0.2, 0.25) is 0 Å². The van der Waals surface area contributed by atoms with Gasteiger partial charge in [0, 0.05) is 6.54 Å². The first kappa shape index (κ1) is 19.5. The molecule has 2 aromatic rings. The molecule has 4 rings (SSSR count). The second-order valence-electron chi connectivity index (χ2n) is 7.79. The number of anilines is 1. The molecule has 6 heteroatoms. The van der Waals surface area contributed by atoms with Crippen molar-refractivity contribution in [3.05, 3.63) is 59.7 Å². The number of fused-ring (bicyclic) bond motifs is 1. The van der Waals surface area contributed by atoms with Crippen LogP contribution in [0.25, 0.3) is 0 Å². The van der Waals surface area contributed by atoms with Crippen molar-refractivity contribution in [3.63, 3.8) is 0 Å². The molecule has 0 bridgehead atoms. The molecule has 1 saturated heterocycles. The van der Waals surface area contributed by atoms with Crippen LogP contribution >= 0.6 is 0 Å². The Balaban J connectivity index is 1.49. The summed E-state index contributed by atoms with van der Waals surface area (Å²) in [6.07, 6.45) is 2.43. The molecule has 29 heavy (non-hydrogen) atoms. The van der Waals surface area contributed by atoms with Crippen LogP contribution in [0.5, 0.6) is 5.75 Å². The van der Waals surface area contributed by atoms with Crippen molar-refractivity contribution >= 4 is 17.5 Å². The van der Waals surface area contributed by atoms with Gasteiger partial charge in [-0.1, -0.05) is 36.4 Å². The zero-order valence-electron chi connectivity index (χ0n) is 16.7. The Hall–Kier alpha value is -2.86. The highest BCUT2D eigenvalue weighted by Gasteiger charge is 2.25. The Morgan fingerprint density at radius 2 is 1.90 bits per heavy atom. The summed E-state index contributed by atoms with van der Waals surface area (Å²) in [7, 11) is 0. The molecule has 0 saturated carbocycles. The molecule has 0 aromatic heterocycles. The third-order valence-corrected chi connectivity index (χ3v) is 5.69. The lowest BCUT2D eigenvalue weighted by molar-refractivity contribution is -0.123. The maximum atomic E-state index is 13.1. The minimum Gasteiger partial charge on any atom is -0.482 e. The molecule has 0 radical (unpaired) electrons. The maximum Gasteiger partial charge on any atom is 0.262 e. The van der Waals surface area contributed by atoms with Crippen LogP contribution in [0, 0.1) is 0 Å². The minimum absolute atomic E-state index is 0.0254. The van der Waals surface area contributed by atoms with Gasteiger partial charge in [0.25, 0.3) is 5.91 Å². The second-order valence-corrected chi connectivity index (χ2v) is 7.79. The zero-order chi connectivity index (χ0) is 20.2. The van der Waals surface area contributed by atoms with E-state index in [4.69, 9.17) is 4.74 Å². The lowest BCUT2D eigenvalue weighted by Crippen LogP contribution is -2.38. The van der Waals surface area contributed by atoms with Gasteiger partial charge in [-0.3, -0.25) is 9.59 Å². The maximum absolute atomic E-state index is 13.1. The molecule has 1 unspecified atom stereocenters. The average Bonchev–Trinajstić information content (AvgIpc) is 3.26. The van der Waals surface area contributed by atoms with E-state index in [0.29, 0.717) is 11.4 Å². The van der Waals surface area contributed by atoms with Gasteiger partial charge >= 0.3 is 0 Å². The highest BCUT2D eigenvalue weighted by atomic mass is 16.5. The van der Waals surface area contributed by atoms with Crippen LogP contribution < -0.4 is 15.4 Å². The van der Waals surface area contributed by atoms with Gasteiger partial charge in [0.2, 0.25) is 5.91 Å². The van der Waals surface area contributed by atoms with Gasteiger partial charge in [0.15, 0.2) is 6.61 Å². The van der Waals surface area contributed by atoms with Crippen molar-refractivity contribution in [3.8, 4) is 5.75 Å². The molecule has 2 amide bonds. The summed E-state index contributed by atoms with van der Waals surface area (Å²) in [5.41, 5.74) is 2.58. The molecule has 0 aliphatic carbocycles. The summed E-state index contributed by atoms with van der Waals surface area (Å²) in [5.74, 6) is 0.0867. The molecule has 2 aliphatic rings. The van der Waals surface area contributed by atoms with Gasteiger partial charge in [0.05, 0.1) is 17.6 Å². The van der Waals surface area contributed by atoms with Gasteiger partial charge in [-0.05, 0) is 56.1 Å². The van der Waals surface area contributed by atoms with Gasteiger partial charge in [-0.15, -0.1) is 0 Å². The molecular formula is C23H27N3O3. The molecule has 2 atom stereocenters. The van der Waals surface area contributed by atoms with Crippen molar-refractivity contribution in [2.24, 2.45) is 0 Å². The first-order chi connectivity index (χ1) is 14.1. The van der Waals surface area contributed by atoms with E-state index in [-0.39, 0.29) is 30.4 Å². The number of benzene rings is 2. The highest BCUT2D eigenvalue weighted by molar-refractivity contribution is 5.95. The number of amides is 2. The largest absolute Gasteiger partial charge is 0.482 e. The van der Waals surface area contributed by atoms with Crippen molar-refractivity contribution in [2.75, 3.05) is 31.6 Å². The van der Waals surface area contributed by atoms with E-state index in [2.05, 4.69) is 27.7 Å². The fraction of sp³-hybridized carbons (Fsp3) is 0.391. The number of carbonyl (C=O) groups excluding carboxylic acids is 2. The van der Waals surface area contributed by atoms with E-state index in [1.54, 1.807) is 0 Å². The van der Waals surface area contributed by atoms with Crippen molar-refractivity contribution < 1.29 is 14.3 Å². The van der Waals surface area contributed by atoms with Crippen LogP contribution in [0.3, 0.4) is 0 Å². The van der Waals surface area contributed by atoms with Gasteiger partial charge < -0.3 is 20.3 Å². The number of carbonyl (C=O) groups is 2. The van der Waals surface area contributed by atoms with Crippen molar-refractivity contribution in [1.29, 1.82) is 0 Å². The number of likely N-dealkylation sites (tertiary alicyclic amines) is 1. The Labute approximate surface area is 171 Å². The van der Waals surface area contributed by atoms with E-state index in [1.807, 2.05) is 43.3 Å². The SMILES string of the molecule is CC(C(=O)N[C@H](CN1CCCC1)c1ccccc1)c1ccc2c(c1)NC(=O)CO2. The third kappa shape index (κ3) is 4.59. The number of hydrogen-bond acceptors (Lipinski definition) is 4. The third-order valence-electron chi connectivity index (χ3n) is 5.69. The van der Waals surface area contributed by atoms with Gasteiger partial charge in [-0.25, -0.2) is 0 Å². The van der Waals surface area contributed by atoms with Crippen molar-refractivity contribution in [1.82, 2.24) is 10.2 Å². The Morgan fingerprint density at radius 1 is 1.14 bits per heavy atom. The first-order valence-corrected chi connectivity index (χ1v) is 10.2. The molecule has 2 N–H and O–H groups in total. The lowest BCUT2D eigenvalue weighted by Gasteiger charge is -2.26. The molecule has 0 spiro atoms. The Kier molecular flexibility index (Phi) is 5.81. The first-order valence-electron chi connectivity index (χ1n) is 10.2. The zero-order valence-corrected chi connectivity index (χ0v) is 16.7. The molecule has 2 aliphatic heterocycles. The number of hydrogen-bond donors (Lipinski definition) is 2. The molecular weight excluding hydrogens is 366 g/mol. The summed E-state index contributed by atoms with van der Waals surface area (Å²) in [6, 6.07) is 15.6. The number of rotatable bonds is 6. The summed E-state index contributed by atoms with van der Waals surface area (Å²) < 4.78 is 5.41. The van der Waals surface area contributed by atoms with Crippen LogP contribution in [-0.2, 0) is 9.59 Å². The van der Waals surface area contributed by atoms with Crippen LogP contribution in [0.1, 0.15) is 42.9 Å². The smallest absolute Gasteiger partial charge is 0.262 e. The Bertz CT molecular complexity index is 878. The Morgan fingerprint density at radius 3 is 2.66 bits per heavy atom. The van der Waals surface area contributed by atoms with E-state index < -0.39 is 0 Å². The standard InChI is InChI=1S/C23H27N3O3/c1-16(18-9-10-21-19(13-18)24-22(27)15-29-21)23(28)25-20(14-26-11-5-6-12-26)17-7-3-2-4-8-17/h2-4,7-10,13,16,20H,5-6,11-12,14-15H2,1H3,(H,24,27)(H,25,28)/t16?,20-/m1/s1. The van der Waals surface area contributed by atoms with Crippen molar-refractivity contribution in [2.45, 2.75) is 31.7 Å². The summed E-state index contributed by atoms with van der Waals surface area (Å²) in [6.45, 7) is 4.90. The summed E-state index contributed by atoms with van der Waals surface area (Å²) in [5, 5.41) is 6.05. The second kappa shape index (κ2) is 8.66. The minimum atomic E-state index is -0.344. The van der Waals surface area contributed by atoms with E-state index in [0.717, 1.165) is 30.8 Å². The van der Waals surface area contributed by atoms with Crippen LogP contribution in [0.4, 0.5) is 5.69 Å². The van der Waals surface area contributed by atoms with Crippen LogP contribution in [0.15, 0.2) is 48.5 Å². The molecule has 1 fully saturated rings.